The molecule has 0 bridgehead atoms. The van der Waals surface area contributed by atoms with Crippen LogP contribution in [-0.2, 0) is 0 Å². The Morgan fingerprint density at radius 2 is 1.18 bits per heavy atom. The van der Waals surface area contributed by atoms with E-state index in [1.165, 1.54) is 19.3 Å². The monoisotopic (exact) mass is 240 g/mol. The van der Waals surface area contributed by atoms with Gasteiger partial charge < -0.3 is 0 Å². The number of hydrogen-bond acceptors (Lipinski definition) is 0. The van der Waals surface area contributed by atoms with Crippen LogP contribution in [-0.4, -0.2) is 0 Å². The lowest BCUT2D eigenvalue weighted by Crippen LogP contribution is -2.27. The third kappa shape index (κ3) is 5.44. The summed E-state index contributed by atoms with van der Waals surface area (Å²) in [6, 6.07) is 0. The van der Waals surface area contributed by atoms with Gasteiger partial charge in [0.25, 0.3) is 0 Å². The summed E-state index contributed by atoms with van der Waals surface area (Å²) in [7, 11) is 0. The first kappa shape index (κ1) is 17.0. The van der Waals surface area contributed by atoms with Crippen molar-refractivity contribution in [1.29, 1.82) is 0 Å². The standard InChI is InChI=1S/C17H36/c1-9-16(10-2)17(15(8)13(5)6)11-14(7)12(3)4/h12-17H,9-11H2,1-8H3. The minimum absolute atomic E-state index is 0.819. The summed E-state index contributed by atoms with van der Waals surface area (Å²) in [5, 5.41) is 0. The van der Waals surface area contributed by atoms with Crippen molar-refractivity contribution in [3.05, 3.63) is 0 Å². The highest BCUT2D eigenvalue weighted by Crippen LogP contribution is 2.37. The molecular formula is C17H36. The van der Waals surface area contributed by atoms with Gasteiger partial charge in [0.2, 0.25) is 0 Å². The van der Waals surface area contributed by atoms with Crippen LogP contribution in [0.5, 0.6) is 0 Å². The van der Waals surface area contributed by atoms with E-state index < -0.39 is 0 Å². The molecule has 0 aliphatic carbocycles. The average molecular weight is 240 g/mol. The van der Waals surface area contributed by atoms with Crippen LogP contribution in [0.3, 0.4) is 0 Å². The maximum absolute atomic E-state index is 2.47. The third-order valence-corrected chi connectivity index (χ3v) is 5.16. The van der Waals surface area contributed by atoms with Gasteiger partial charge >= 0.3 is 0 Å². The van der Waals surface area contributed by atoms with Crippen molar-refractivity contribution >= 4 is 0 Å². The molecule has 0 aromatic rings. The van der Waals surface area contributed by atoms with Crippen LogP contribution in [0.15, 0.2) is 0 Å². The van der Waals surface area contributed by atoms with Gasteiger partial charge in [0.1, 0.15) is 0 Å². The van der Waals surface area contributed by atoms with Gasteiger partial charge in [0.05, 0.1) is 0 Å². The zero-order valence-electron chi connectivity index (χ0n) is 13.6. The second-order valence-electron chi connectivity index (χ2n) is 6.80. The van der Waals surface area contributed by atoms with E-state index in [-0.39, 0.29) is 0 Å². The number of hydrogen-bond donors (Lipinski definition) is 0. The van der Waals surface area contributed by atoms with E-state index in [2.05, 4.69) is 55.4 Å². The molecule has 0 N–H and O–H groups in total. The molecule has 0 rings (SSSR count). The van der Waals surface area contributed by atoms with Crippen molar-refractivity contribution in [2.24, 2.45) is 35.5 Å². The maximum atomic E-state index is 2.47. The molecular weight excluding hydrogens is 204 g/mol. The lowest BCUT2D eigenvalue weighted by Gasteiger charge is -2.36. The Bertz CT molecular complexity index is 174. The van der Waals surface area contributed by atoms with Gasteiger partial charge in [-0.05, 0) is 41.9 Å². The Labute approximate surface area is 111 Å². The fourth-order valence-electron chi connectivity index (χ4n) is 2.93. The van der Waals surface area contributed by atoms with E-state index in [0.29, 0.717) is 0 Å². The fourth-order valence-corrected chi connectivity index (χ4v) is 2.93. The summed E-state index contributed by atoms with van der Waals surface area (Å²) in [6.45, 7) is 19.2. The van der Waals surface area contributed by atoms with Gasteiger partial charge in [-0.1, -0.05) is 68.2 Å². The summed E-state index contributed by atoms with van der Waals surface area (Å²) in [5.74, 6) is 5.21. The molecule has 0 radical (unpaired) electrons. The number of rotatable bonds is 8. The highest BCUT2D eigenvalue weighted by Gasteiger charge is 2.28. The second-order valence-corrected chi connectivity index (χ2v) is 6.80. The van der Waals surface area contributed by atoms with Crippen molar-refractivity contribution < 1.29 is 0 Å². The molecule has 0 spiro atoms. The molecule has 3 atom stereocenters. The molecule has 17 heavy (non-hydrogen) atoms. The first-order valence-corrected chi connectivity index (χ1v) is 7.84. The van der Waals surface area contributed by atoms with E-state index in [0.717, 1.165) is 35.5 Å². The van der Waals surface area contributed by atoms with Gasteiger partial charge in [-0.25, -0.2) is 0 Å². The van der Waals surface area contributed by atoms with Crippen molar-refractivity contribution in [1.82, 2.24) is 0 Å². The lowest BCUT2D eigenvalue weighted by molar-refractivity contribution is 0.139. The second kappa shape index (κ2) is 8.16. The predicted octanol–water partition coefficient (Wildman–Crippen LogP) is 6.01. The summed E-state index contributed by atoms with van der Waals surface area (Å²) in [4.78, 5) is 0. The Balaban J connectivity index is 4.72. The van der Waals surface area contributed by atoms with Gasteiger partial charge in [0, 0.05) is 0 Å². The quantitative estimate of drug-likeness (QED) is 0.487. The van der Waals surface area contributed by atoms with Crippen LogP contribution in [0.1, 0.15) is 74.7 Å². The van der Waals surface area contributed by atoms with Crippen LogP contribution >= 0.6 is 0 Å². The normalized spacial score (nSPS) is 17.8. The van der Waals surface area contributed by atoms with Gasteiger partial charge in [-0.3, -0.25) is 0 Å². The predicted molar refractivity (Wildman–Crippen MR) is 80.2 cm³/mol. The van der Waals surface area contributed by atoms with E-state index >= 15 is 0 Å². The van der Waals surface area contributed by atoms with Crippen LogP contribution in [0.25, 0.3) is 0 Å². The third-order valence-electron chi connectivity index (χ3n) is 5.16. The minimum atomic E-state index is 0.819. The molecule has 0 aromatic heterocycles. The van der Waals surface area contributed by atoms with E-state index in [1.54, 1.807) is 0 Å². The Hall–Kier alpha value is 0. The van der Waals surface area contributed by atoms with E-state index in [4.69, 9.17) is 0 Å². The molecule has 0 saturated carbocycles. The summed E-state index contributed by atoms with van der Waals surface area (Å²) in [5.41, 5.74) is 0. The average Bonchev–Trinajstić information content (AvgIpc) is 2.27. The molecule has 0 aromatic carbocycles. The summed E-state index contributed by atoms with van der Waals surface area (Å²) >= 11 is 0. The molecule has 0 saturated heterocycles. The maximum Gasteiger partial charge on any atom is -0.0355 e. The summed E-state index contributed by atoms with van der Waals surface area (Å²) in [6.07, 6.45) is 4.12. The minimum Gasteiger partial charge on any atom is -0.0651 e. The van der Waals surface area contributed by atoms with Crippen molar-refractivity contribution in [2.45, 2.75) is 74.7 Å². The lowest BCUT2D eigenvalue weighted by atomic mass is 9.70. The molecule has 104 valence electrons. The first-order chi connectivity index (χ1) is 7.84. The molecule has 0 aliphatic rings. The topological polar surface area (TPSA) is 0 Å². The Kier molecular flexibility index (Phi) is 8.16. The molecule has 0 nitrogen and oxygen atoms in total. The zero-order valence-corrected chi connectivity index (χ0v) is 13.6. The largest absolute Gasteiger partial charge is 0.0651 e. The van der Waals surface area contributed by atoms with E-state index in [9.17, 15) is 0 Å². The molecule has 0 heterocycles. The van der Waals surface area contributed by atoms with Crippen molar-refractivity contribution in [2.75, 3.05) is 0 Å². The van der Waals surface area contributed by atoms with Crippen LogP contribution in [0.4, 0.5) is 0 Å². The SMILES string of the molecule is CCC(CC)C(CC(C)C(C)C)C(C)C(C)C. The van der Waals surface area contributed by atoms with E-state index in [1.807, 2.05) is 0 Å². The van der Waals surface area contributed by atoms with Crippen molar-refractivity contribution in [3.63, 3.8) is 0 Å². The van der Waals surface area contributed by atoms with Crippen LogP contribution in [0.2, 0.25) is 0 Å². The first-order valence-electron chi connectivity index (χ1n) is 7.84. The van der Waals surface area contributed by atoms with Gasteiger partial charge in [-0.15, -0.1) is 0 Å². The summed E-state index contributed by atoms with van der Waals surface area (Å²) < 4.78 is 0. The van der Waals surface area contributed by atoms with Crippen molar-refractivity contribution in [3.8, 4) is 0 Å². The molecule has 0 amide bonds. The van der Waals surface area contributed by atoms with Gasteiger partial charge in [0.15, 0.2) is 0 Å². The van der Waals surface area contributed by atoms with Crippen LogP contribution in [0, 0.1) is 35.5 Å². The molecule has 0 aliphatic heterocycles. The van der Waals surface area contributed by atoms with Gasteiger partial charge in [-0.2, -0.15) is 0 Å². The smallest absolute Gasteiger partial charge is 0.0355 e. The fraction of sp³-hybridized carbons (Fsp3) is 1.00. The molecule has 0 heteroatoms. The Morgan fingerprint density at radius 3 is 1.47 bits per heavy atom. The zero-order chi connectivity index (χ0) is 13.6. The molecule has 0 fully saturated rings. The highest BCUT2D eigenvalue weighted by molar-refractivity contribution is 4.78. The Morgan fingerprint density at radius 1 is 0.706 bits per heavy atom. The molecule has 3 unspecified atom stereocenters. The highest BCUT2D eigenvalue weighted by atomic mass is 14.3. The van der Waals surface area contributed by atoms with Crippen LogP contribution < -0.4 is 0 Å².